The Morgan fingerprint density at radius 1 is 1.20 bits per heavy atom. The van der Waals surface area contributed by atoms with E-state index in [9.17, 15) is 0 Å². The summed E-state index contributed by atoms with van der Waals surface area (Å²) in [5.74, 6) is 2.11. The van der Waals surface area contributed by atoms with Gasteiger partial charge in [0.05, 0.1) is 10.3 Å². The third-order valence-corrected chi connectivity index (χ3v) is 6.12. The Hall–Kier alpha value is -1.52. The Balaban J connectivity index is 2.00. The highest BCUT2D eigenvalue weighted by Crippen LogP contribution is 2.44. The second-order valence-corrected chi connectivity index (χ2v) is 7.10. The molecular formula is C16H14N2S2. The van der Waals surface area contributed by atoms with E-state index in [2.05, 4.69) is 58.4 Å². The van der Waals surface area contributed by atoms with Crippen molar-refractivity contribution in [3.05, 3.63) is 70.6 Å². The molecule has 0 spiro atoms. The van der Waals surface area contributed by atoms with Gasteiger partial charge in [-0.25, -0.2) is 4.98 Å². The van der Waals surface area contributed by atoms with Crippen molar-refractivity contribution in [2.75, 3.05) is 0 Å². The van der Waals surface area contributed by atoms with Crippen LogP contribution in [0.5, 0.6) is 0 Å². The van der Waals surface area contributed by atoms with Crippen LogP contribution in [0.1, 0.15) is 28.6 Å². The van der Waals surface area contributed by atoms with Gasteiger partial charge < -0.3 is 4.57 Å². The van der Waals surface area contributed by atoms with Crippen LogP contribution < -0.4 is 0 Å². The van der Waals surface area contributed by atoms with E-state index < -0.39 is 0 Å². The Morgan fingerprint density at radius 3 is 2.95 bits per heavy atom. The van der Waals surface area contributed by atoms with Crippen LogP contribution in [0.15, 0.2) is 52.3 Å². The minimum Gasteiger partial charge on any atom is -0.323 e. The van der Waals surface area contributed by atoms with Gasteiger partial charge >= 0.3 is 0 Å². The van der Waals surface area contributed by atoms with Crippen molar-refractivity contribution in [2.24, 2.45) is 0 Å². The maximum atomic E-state index is 4.41. The summed E-state index contributed by atoms with van der Waals surface area (Å²) in [5, 5.41) is 2.20. The second-order valence-electron chi connectivity index (χ2n) is 4.94. The van der Waals surface area contributed by atoms with Crippen molar-refractivity contribution in [3.8, 4) is 0 Å². The van der Waals surface area contributed by atoms with Gasteiger partial charge in [0, 0.05) is 23.7 Å². The van der Waals surface area contributed by atoms with E-state index >= 15 is 0 Å². The number of benzene rings is 1. The van der Waals surface area contributed by atoms with E-state index in [1.165, 1.54) is 20.9 Å². The fraction of sp³-hybridized carbons (Fsp3) is 0.188. The minimum absolute atomic E-state index is 0.255. The first-order valence-electron chi connectivity index (χ1n) is 6.62. The normalized spacial score (nSPS) is 17.4. The van der Waals surface area contributed by atoms with Crippen LogP contribution >= 0.6 is 23.1 Å². The predicted octanol–water partition coefficient (Wildman–Crippen LogP) is 4.50. The molecule has 2 aromatic heterocycles. The van der Waals surface area contributed by atoms with Crippen molar-refractivity contribution in [1.29, 1.82) is 0 Å². The van der Waals surface area contributed by atoms with E-state index in [0.717, 1.165) is 11.6 Å². The van der Waals surface area contributed by atoms with E-state index in [0.29, 0.717) is 0 Å². The zero-order valence-corrected chi connectivity index (χ0v) is 12.7. The number of thioether (sulfide) groups is 1. The fourth-order valence-electron chi connectivity index (χ4n) is 2.83. The van der Waals surface area contributed by atoms with E-state index in [-0.39, 0.29) is 6.04 Å². The predicted molar refractivity (Wildman–Crippen MR) is 84.5 cm³/mol. The molecule has 4 heteroatoms. The molecule has 0 aliphatic carbocycles. The molecular weight excluding hydrogens is 284 g/mol. The number of rotatable bonds is 1. The number of thiophene rings is 1. The lowest BCUT2D eigenvalue weighted by Gasteiger charge is -2.21. The van der Waals surface area contributed by atoms with Crippen LogP contribution in [-0.2, 0) is 5.75 Å². The first kappa shape index (κ1) is 12.2. The average molecular weight is 298 g/mol. The minimum atomic E-state index is 0.255. The molecule has 1 aromatic carbocycles. The molecule has 3 heterocycles. The number of hydrogen-bond acceptors (Lipinski definition) is 3. The van der Waals surface area contributed by atoms with Gasteiger partial charge in [-0.1, -0.05) is 24.3 Å². The highest BCUT2D eigenvalue weighted by Gasteiger charge is 2.26. The van der Waals surface area contributed by atoms with Gasteiger partial charge in [0.1, 0.15) is 5.82 Å². The molecule has 0 saturated heterocycles. The first-order valence-corrected chi connectivity index (χ1v) is 8.48. The van der Waals surface area contributed by atoms with Gasteiger partial charge in [-0.15, -0.1) is 23.1 Å². The number of fused-ring (bicyclic) bond motifs is 2. The van der Waals surface area contributed by atoms with Crippen LogP contribution in [0.3, 0.4) is 0 Å². The van der Waals surface area contributed by atoms with Crippen molar-refractivity contribution < 1.29 is 0 Å². The molecule has 3 aromatic rings. The van der Waals surface area contributed by atoms with Crippen LogP contribution in [0.4, 0.5) is 0 Å². The number of hydrogen-bond donors (Lipinski definition) is 0. The quantitative estimate of drug-likeness (QED) is 0.658. The summed E-state index contributed by atoms with van der Waals surface area (Å²) in [6.45, 7) is 2.08. The monoisotopic (exact) mass is 298 g/mol. The SMILES string of the molecule is Cc1nccn1[C@H]1c2ccccc2CSc2sccc21. The number of imidazole rings is 1. The zero-order valence-electron chi connectivity index (χ0n) is 11.1. The van der Waals surface area contributed by atoms with Crippen molar-refractivity contribution in [2.45, 2.75) is 22.9 Å². The largest absolute Gasteiger partial charge is 0.323 e. The molecule has 0 amide bonds. The third-order valence-electron chi connectivity index (χ3n) is 3.80. The molecule has 0 radical (unpaired) electrons. The van der Waals surface area contributed by atoms with Gasteiger partial charge in [-0.2, -0.15) is 0 Å². The molecule has 100 valence electrons. The lowest BCUT2D eigenvalue weighted by molar-refractivity contribution is 0.647. The number of aromatic nitrogens is 2. The molecule has 0 bridgehead atoms. The van der Waals surface area contributed by atoms with E-state index in [1.54, 1.807) is 0 Å². The van der Waals surface area contributed by atoms with Gasteiger partial charge in [0.25, 0.3) is 0 Å². The number of aryl methyl sites for hydroxylation is 1. The molecule has 0 unspecified atom stereocenters. The van der Waals surface area contributed by atoms with Gasteiger partial charge in [0.2, 0.25) is 0 Å². The Bertz CT molecular complexity index is 757. The summed E-state index contributed by atoms with van der Waals surface area (Å²) >= 11 is 3.80. The molecule has 1 aliphatic heterocycles. The molecule has 0 fully saturated rings. The maximum Gasteiger partial charge on any atom is 0.106 e. The zero-order chi connectivity index (χ0) is 13.5. The summed E-state index contributed by atoms with van der Waals surface area (Å²) in [5.41, 5.74) is 4.24. The molecule has 1 atom stereocenters. The van der Waals surface area contributed by atoms with Crippen LogP contribution in [0, 0.1) is 6.92 Å². The molecule has 2 nitrogen and oxygen atoms in total. The van der Waals surface area contributed by atoms with Crippen LogP contribution in [0.25, 0.3) is 0 Å². The summed E-state index contributed by atoms with van der Waals surface area (Å²) < 4.78 is 3.72. The van der Waals surface area contributed by atoms with Gasteiger partial charge in [-0.3, -0.25) is 0 Å². The maximum absolute atomic E-state index is 4.41. The second kappa shape index (κ2) is 4.79. The standard InChI is InChI=1S/C16H14N2S2/c1-11-17-7-8-18(11)15-13-5-3-2-4-12(13)10-20-16-14(15)6-9-19-16/h2-9,15H,10H2,1H3/t15-/m0/s1. The van der Waals surface area contributed by atoms with Gasteiger partial charge in [0.15, 0.2) is 0 Å². The first-order chi connectivity index (χ1) is 9.84. The van der Waals surface area contributed by atoms with Crippen LogP contribution in [-0.4, -0.2) is 9.55 Å². The summed E-state index contributed by atoms with van der Waals surface area (Å²) in [6, 6.07) is 11.3. The van der Waals surface area contributed by atoms with Crippen molar-refractivity contribution >= 4 is 23.1 Å². The van der Waals surface area contributed by atoms with E-state index in [4.69, 9.17) is 0 Å². The van der Waals surface area contributed by atoms with Crippen LogP contribution in [0.2, 0.25) is 0 Å². The molecule has 1 aliphatic rings. The lowest BCUT2D eigenvalue weighted by Crippen LogP contribution is -2.13. The smallest absolute Gasteiger partial charge is 0.106 e. The summed E-state index contributed by atoms with van der Waals surface area (Å²) in [4.78, 5) is 4.41. The summed E-state index contributed by atoms with van der Waals surface area (Å²) in [7, 11) is 0. The van der Waals surface area contributed by atoms with Crippen molar-refractivity contribution in [1.82, 2.24) is 9.55 Å². The Morgan fingerprint density at radius 2 is 2.10 bits per heavy atom. The highest BCUT2D eigenvalue weighted by atomic mass is 32.2. The van der Waals surface area contributed by atoms with Crippen molar-refractivity contribution in [3.63, 3.8) is 0 Å². The summed E-state index contributed by atoms with van der Waals surface area (Å²) in [6.07, 6.45) is 3.98. The molecule has 4 rings (SSSR count). The molecule has 0 N–H and O–H groups in total. The molecule has 20 heavy (non-hydrogen) atoms. The third kappa shape index (κ3) is 1.83. The van der Waals surface area contributed by atoms with E-state index in [1.807, 2.05) is 29.3 Å². The molecule has 0 saturated carbocycles. The Labute approximate surface area is 126 Å². The van der Waals surface area contributed by atoms with Gasteiger partial charge in [-0.05, 0) is 29.5 Å². The fourth-order valence-corrected chi connectivity index (χ4v) is 4.99. The topological polar surface area (TPSA) is 17.8 Å². The highest BCUT2D eigenvalue weighted by molar-refractivity contribution is 8.00. The number of nitrogens with zero attached hydrogens (tertiary/aromatic N) is 2. The Kier molecular flexibility index (Phi) is 2.93. The average Bonchev–Trinajstić information content (AvgIpc) is 3.06. The lowest BCUT2D eigenvalue weighted by atomic mass is 9.96.